The second-order valence-corrected chi connectivity index (χ2v) is 4.04. The van der Waals surface area contributed by atoms with Crippen LogP contribution in [0.1, 0.15) is 57.8 Å². The van der Waals surface area contributed by atoms with Crippen LogP contribution in [0.2, 0.25) is 0 Å². The molecule has 0 unspecified atom stereocenters. The summed E-state index contributed by atoms with van der Waals surface area (Å²) in [6, 6.07) is 0. The van der Waals surface area contributed by atoms with Gasteiger partial charge in [0, 0.05) is 6.42 Å². The molecule has 0 aromatic carbocycles. The van der Waals surface area contributed by atoms with E-state index in [1.807, 2.05) is 12.2 Å². The van der Waals surface area contributed by atoms with Gasteiger partial charge in [-0.05, 0) is 32.1 Å². The van der Waals surface area contributed by atoms with Crippen LogP contribution < -0.4 is 0 Å². The number of rotatable bonds is 11. The van der Waals surface area contributed by atoms with Gasteiger partial charge in [0.05, 0.1) is 0 Å². The molecule has 0 heterocycles. The molecule has 0 aliphatic rings. The number of allylic oxidation sites excluding steroid dienone is 3. The Morgan fingerprint density at radius 1 is 0.938 bits per heavy atom. The standard InChI is InChI=1S/C14H24O2/c1-2-3-4-5-6-7-8-9-10-11-12-13-14(15)16/h2,10-11H,1,3-9,12-13H2,(H,15,16)/b11-10+. The van der Waals surface area contributed by atoms with Gasteiger partial charge < -0.3 is 5.11 Å². The predicted molar refractivity (Wildman–Crippen MR) is 68.5 cm³/mol. The lowest BCUT2D eigenvalue weighted by atomic mass is 10.1. The molecule has 0 saturated heterocycles. The van der Waals surface area contributed by atoms with Crippen molar-refractivity contribution >= 4 is 5.97 Å². The van der Waals surface area contributed by atoms with E-state index in [0.29, 0.717) is 6.42 Å². The van der Waals surface area contributed by atoms with Gasteiger partial charge in [-0.3, -0.25) is 4.79 Å². The van der Waals surface area contributed by atoms with Crippen LogP contribution in [0.25, 0.3) is 0 Å². The van der Waals surface area contributed by atoms with E-state index in [0.717, 1.165) is 12.8 Å². The Kier molecular flexibility index (Phi) is 11.2. The third-order valence-corrected chi connectivity index (χ3v) is 2.47. The summed E-state index contributed by atoms with van der Waals surface area (Å²) < 4.78 is 0. The quantitative estimate of drug-likeness (QED) is 0.419. The summed E-state index contributed by atoms with van der Waals surface area (Å²) in [6.45, 7) is 3.70. The van der Waals surface area contributed by atoms with Crippen LogP contribution in [-0.4, -0.2) is 11.1 Å². The minimum Gasteiger partial charge on any atom is -0.481 e. The van der Waals surface area contributed by atoms with Gasteiger partial charge >= 0.3 is 5.97 Å². The number of unbranched alkanes of at least 4 members (excludes halogenated alkanes) is 6. The van der Waals surface area contributed by atoms with Crippen molar-refractivity contribution in [3.63, 3.8) is 0 Å². The molecule has 2 heteroatoms. The van der Waals surface area contributed by atoms with Gasteiger partial charge in [0.15, 0.2) is 0 Å². The first-order chi connectivity index (χ1) is 7.77. The molecule has 16 heavy (non-hydrogen) atoms. The van der Waals surface area contributed by atoms with E-state index in [-0.39, 0.29) is 6.42 Å². The maximum atomic E-state index is 10.2. The lowest BCUT2D eigenvalue weighted by Crippen LogP contribution is -1.91. The highest BCUT2D eigenvalue weighted by Crippen LogP contribution is 2.07. The molecule has 0 rings (SSSR count). The SMILES string of the molecule is C=CCCCCCCC/C=C/CCC(=O)O. The summed E-state index contributed by atoms with van der Waals surface area (Å²) in [7, 11) is 0. The van der Waals surface area contributed by atoms with Crippen LogP contribution in [0.5, 0.6) is 0 Å². The maximum Gasteiger partial charge on any atom is 0.303 e. The number of carbonyl (C=O) groups is 1. The average molecular weight is 224 g/mol. The van der Waals surface area contributed by atoms with Crippen LogP contribution >= 0.6 is 0 Å². The minimum atomic E-state index is -0.716. The molecule has 2 nitrogen and oxygen atoms in total. The lowest BCUT2D eigenvalue weighted by Gasteiger charge is -1.97. The molecule has 1 N–H and O–H groups in total. The van der Waals surface area contributed by atoms with Gasteiger partial charge in [0.25, 0.3) is 0 Å². The van der Waals surface area contributed by atoms with Crippen molar-refractivity contribution in [2.75, 3.05) is 0 Å². The first-order valence-corrected chi connectivity index (χ1v) is 6.25. The zero-order valence-electron chi connectivity index (χ0n) is 10.2. The molecule has 92 valence electrons. The van der Waals surface area contributed by atoms with Gasteiger partial charge in [-0.2, -0.15) is 0 Å². The molecule has 0 spiro atoms. The summed E-state index contributed by atoms with van der Waals surface area (Å²) in [5, 5.41) is 8.42. The van der Waals surface area contributed by atoms with Crippen LogP contribution in [0.3, 0.4) is 0 Å². The molecule has 0 fully saturated rings. The Bertz CT molecular complexity index is 207. The maximum absolute atomic E-state index is 10.2. The highest BCUT2D eigenvalue weighted by Gasteiger charge is 1.92. The summed E-state index contributed by atoms with van der Waals surface area (Å²) in [5.74, 6) is -0.716. The third-order valence-electron chi connectivity index (χ3n) is 2.47. The molecule has 0 aliphatic carbocycles. The zero-order valence-corrected chi connectivity index (χ0v) is 10.2. The molecule has 0 aromatic rings. The number of carboxylic acids is 1. The van der Waals surface area contributed by atoms with Crippen molar-refractivity contribution in [3.8, 4) is 0 Å². The van der Waals surface area contributed by atoms with Crippen molar-refractivity contribution < 1.29 is 9.90 Å². The van der Waals surface area contributed by atoms with E-state index in [2.05, 4.69) is 12.7 Å². The van der Waals surface area contributed by atoms with Crippen molar-refractivity contribution in [1.29, 1.82) is 0 Å². The minimum absolute atomic E-state index is 0.248. The lowest BCUT2D eigenvalue weighted by molar-refractivity contribution is -0.136. The van der Waals surface area contributed by atoms with E-state index in [9.17, 15) is 4.79 Å². The molecule has 0 amide bonds. The highest BCUT2D eigenvalue weighted by atomic mass is 16.4. The van der Waals surface area contributed by atoms with Gasteiger partial charge in [-0.25, -0.2) is 0 Å². The Morgan fingerprint density at radius 3 is 2.12 bits per heavy atom. The second-order valence-electron chi connectivity index (χ2n) is 4.04. The van der Waals surface area contributed by atoms with E-state index >= 15 is 0 Å². The highest BCUT2D eigenvalue weighted by molar-refractivity contribution is 5.66. The topological polar surface area (TPSA) is 37.3 Å². The fourth-order valence-electron chi connectivity index (χ4n) is 1.52. The molecule has 0 radical (unpaired) electrons. The molecule has 0 saturated carbocycles. The largest absolute Gasteiger partial charge is 0.481 e. The Hall–Kier alpha value is -1.05. The second kappa shape index (κ2) is 12.0. The summed E-state index contributed by atoms with van der Waals surface area (Å²) in [5.41, 5.74) is 0. The Morgan fingerprint density at radius 2 is 1.50 bits per heavy atom. The van der Waals surface area contributed by atoms with Crippen LogP contribution in [-0.2, 0) is 4.79 Å². The Labute approximate surface area is 99.1 Å². The fraction of sp³-hybridized carbons (Fsp3) is 0.643. The molecular weight excluding hydrogens is 200 g/mol. The molecule has 0 aliphatic heterocycles. The summed E-state index contributed by atoms with van der Waals surface area (Å²) in [4.78, 5) is 10.2. The summed E-state index contributed by atoms with van der Waals surface area (Å²) in [6.07, 6.45) is 15.5. The average Bonchev–Trinajstić information content (AvgIpc) is 2.25. The van der Waals surface area contributed by atoms with Crippen molar-refractivity contribution in [1.82, 2.24) is 0 Å². The van der Waals surface area contributed by atoms with Crippen molar-refractivity contribution in [2.45, 2.75) is 57.8 Å². The van der Waals surface area contributed by atoms with E-state index in [1.165, 1.54) is 32.1 Å². The van der Waals surface area contributed by atoms with Crippen LogP contribution in [0, 0.1) is 0 Å². The van der Waals surface area contributed by atoms with Crippen molar-refractivity contribution in [2.24, 2.45) is 0 Å². The van der Waals surface area contributed by atoms with Crippen molar-refractivity contribution in [3.05, 3.63) is 24.8 Å². The third kappa shape index (κ3) is 12.9. The smallest absolute Gasteiger partial charge is 0.303 e. The van der Waals surface area contributed by atoms with E-state index in [4.69, 9.17) is 5.11 Å². The number of carboxylic acid groups (broad SMARTS) is 1. The molecule has 0 atom stereocenters. The summed E-state index contributed by atoms with van der Waals surface area (Å²) >= 11 is 0. The van der Waals surface area contributed by atoms with Gasteiger partial charge in [-0.15, -0.1) is 6.58 Å². The van der Waals surface area contributed by atoms with Gasteiger partial charge in [-0.1, -0.05) is 37.5 Å². The Balaban J connectivity index is 3.08. The number of hydrogen-bond acceptors (Lipinski definition) is 1. The molecular formula is C14H24O2. The fourth-order valence-corrected chi connectivity index (χ4v) is 1.52. The van der Waals surface area contributed by atoms with Crippen LogP contribution in [0.15, 0.2) is 24.8 Å². The number of hydrogen-bond donors (Lipinski definition) is 1. The monoisotopic (exact) mass is 224 g/mol. The van der Waals surface area contributed by atoms with E-state index in [1.54, 1.807) is 0 Å². The number of aliphatic carboxylic acids is 1. The predicted octanol–water partition coefficient (Wildman–Crippen LogP) is 4.32. The zero-order chi connectivity index (χ0) is 12.1. The van der Waals surface area contributed by atoms with Gasteiger partial charge in [0.1, 0.15) is 0 Å². The first-order valence-electron chi connectivity index (χ1n) is 6.25. The normalized spacial score (nSPS) is 10.8. The molecule has 0 bridgehead atoms. The van der Waals surface area contributed by atoms with Crippen LogP contribution in [0.4, 0.5) is 0 Å². The molecule has 0 aromatic heterocycles. The first kappa shape index (κ1) is 14.9. The van der Waals surface area contributed by atoms with E-state index < -0.39 is 5.97 Å². The van der Waals surface area contributed by atoms with Gasteiger partial charge in [0.2, 0.25) is 0 Å².